The zero-order chi connectivity index (χ0) is 10.7. The Morgan fingerprint density at radius 3 is 2.79 bits per heavy atom. The minimum absolute atomic E-state index is 0.277. The molecule has 0 aliphatic carbocycles. The first kappa shape index (κ1) is 10.4. The van der Waals surface area contributed by atoms with E-state index in [1.165, 1.54) is 12.1 Å². The Kier molecular flexibility index (Phi) is 2.95. The second-order valence-corrected chi connectivity index (χ2v) is 3.02. The molecule has 1 rings (SSSR count). The predicted molar refractivity (Wildman–Crippen MR) is 52.6 cm³/mol. The van der Waals surface area contributed by atoms with Crippen LogP contribution in [0.3, 0.4) is 0 Å². The summed E-state index contributed by atoms with van der Waals surface area (Å²) in [6, 6.07) is 4.89. The first-order valence-corrected chi connectivity index (χ1v) is 4.13. The van der Waals surface area contributed by atoms with Gasteiger partial charge in [0, 0.05) is 5.69 Å². The first-order chi connectivity index (χ1) is 6.56. The highest BCUT2D eigenvalue weighted by molar-refractivity contribution is 6.33. The van der Waals surface area contributed by atoms with Gasteiger partial charge in [-0.15, -0.1) is 0 Å². The Morgan fingerprint density at radius 2 is 2.29 bits per heavy atom. The van der Waals surface area contributed by atoms with Gasteiger partial charge in [-0.25, -0.2) is 4.79 Å². The Balaban J connectivity index is 3.18. The summed E-state index contributed by atoms with van der Waals surface area (Å²) in [6.45, 7) is 1.65. The highest BCUT2D eigenvalue weighted by atomic mass is 35.5. The lowest BCUT2D eigenvalue weighted by Gasteiger charge is -2.07. The molecule has 0 spiro atoms. The molecule has 0 heterocycles. The van der Waals surface area contributed by atoms with Crippen molar-refractivity contribution in [1.29, 1.82) is 5.26 Å². The van der Waals surface area contributed by atoms with Gasteiger partial charge in [0.2, 0.25) is 0 Å². The SMILES string of the molecule is Cc1c(NC(=O)O)ccc(C#N)c1Cl. The van der Waals surface area contributed by atoms with Crippen LogP contribution in [0.25, 0.3) is 0 Å². The molecule has 14 heavy (non-hydrogen) atoms. The van der Waals surface area contributed by atoms with E-state index in [9.17, 15) is 4.79 Å². The normalized spacial score (nSPS) is 9.21. The van der Waals surface area contributed by atoms with Crippen molar-refractivity contribution in [1.82, 2.24) is 0 Å². The van der Waals surface area contributed by atoms with Crippen LogP contribution in [-0.2, 0) is 0 Å². The monoisotopic (exact) mass is 210 g/mol. The fraction of sp³-hybridized carbons (Fsp3) is 0.111. The van der Waals surface area contributed by atoms with Crippen molar-refractivity contribution >= 4 is 23.4 Å². The molecule has 0 unspecified atom stereocenters. The number of carboxylic acid groups (broad SMARTS) is 1. The fourth-order valence-corrected chi connectivity index (χ4v) is 1.23. The van der Waals surface area contributed by atoms with Crippen molar-refractivity contribution in [2.24, 2.45) is 0 Å². The average molecular weight is 211 g/mol. The van der Waals surface area contributed by atoms with Crippen LogP contribution in [0.4, 0.5) is 10.5 Å². The Bertz CT molecular complexity index is 424. The molecule has 5 heteroatoms. The molecule has 1 aromatic carbocycles. The molecule has 1 aromatic rings. The second-order valence-electron chi connectivity index (χ2n) is 2.64. The van der Waals surface area contributed by atoms with E-state index in [1.807, 2.05) is 6.07 Å². The molecule has 0 radical (unpaired) electrons. The number of hydrogen-bond donors (Lipinski definition) is 2. The van der Waals surface area contributed by atoms with Crippen molar-refractivity contribution in [3.8, 4) is 6.07 Å². The zero-order valence-electron chi connectivity index (χ0n) is 7.34. The summed E-state index contributed by atoms with van der Waals surface area (Å²) < 4.78 is 0. The summed E-state index contributed by atoms with van der Waals surface area (Å²) in [6.07, 6.45) is -1.16. The van der Waals surface area contributed by atoms with Crippen LogP contribution in [0.15, 0.2) is 12.1 Å². The Morgan fingerprint density at radius 1 is 1.64 bits per heavy atom. The number of benzene rings is 1. The number of carbonyl (C=O) groups is 1. The zero-order valence-corrected chi connectivity index (χ0v) is 8.09. The second kappa shape index (κ2) is 3.99. The van der Waals surface area contributed by atoms with E-state index in [4.69, 9.17) is 22.0 Å². The molecule has 0 aromatic heterocycles. The van der Waals surface area contributed by atoms with Crippen LogP contribution in [0.5, 0.6) is 0 Å². The molecule has 0 aliphatic heterocycles. The van der Waals surface area contributed by atoms with Gasteiger partial charge in [-0.3, -0.25) is 5.32 Å². The van der Waals surface area contributed by atoms with Crippen LogP contribution >= 0.6 is 11.6 Å². The Hall–Kier alpha value is -1.73. The van der Waals surface area contributed by atoms with Gasteiger partial charge in [0.1, 0.15) is 6.07 Å². The molecule has 72 valence electrons. The number of amides is 1. The summed E-state index contributed by atoms with van der Waals surface area (Å²) in [7, 11) is 0. The number of rotatable bonds is 1. The summed E-state index contributed by atoms with van der Waals surface area (Å²) >= 11 is 5.83. The van der Waals surface area contributed by atoms with Gasteiger partial charge >= 0.3 is 6.09 Å². The largest absolute Gasteiger partial charge is 0.465 e. The molecule has 0 bridgehead atoms. The van der Waals surface area contributed by atoms with Gasteiger partial charge in [-0.2, -0.15) is 5.26 Å². The van der Waals surface area contributed by atoms with Crippen LogP contribution < -0.4 is 5.32 Å². The average Bonchev–Trinajstić information content (AvgIpc) is 2.13. The van der Waals surface area contributed by atoms with E-state index in [1.54, 1.807) is 6.92 Å². The molecular weight excluding hydrogens is 204 g/mol. The molecule has 0 saturated carbocycles. The number of nitrogens with one attached hydrogen (secondary N) is 1. The van der Waals surface area contributed by atoms with Crippen molar-refractivity contribution in [2.45, 2.75) is 6.92 Å². The highest BCUT2D eigenvalue weighted by Gasteiger charge is 2.08. The topological polar surface area (TPSA) is 73.1 Å². The van der Waals surface area contributed by atoms with E-state index in [-0.39, 0.29) is 5.02 Å². The summed E-state index contributed by atoms with van der Waals surface area (Å²) in [4.78, 5) is 10.4. The van der Waals surface area contributed by atoms with Crippen LogP contribution in [0, 0.1) is 18.3 Å². The van der Waals surface area contributed by atoms with Gasteiger partial charge in [0.15, 0.2) is 0 Å². The van der Waals surface area contributed by atoms with E-state index >= 15 is 0 Å². The molecule has 2 N–H and O–H groups in total. The maximum Gasteiger partial charge on any atom is 0.409 e. The van der Waals surface area contributed by atoms with Crippen molar-refractivity contribution in [2.75, 3.05) is 5.32 Å². The van der Waals surface area contributed by atoms with Crippen molar-refractivity contribution < 1.29 is 9.90 Å². The van der Waals surface area contributed by atoms with Gasteiger partial charge < -0.3 is 5.11 Å². The van der Waals surface area contributed by atoms with Gasteiger partial charge in [-0.05, 0) is 24.6 Å². The van der Waals surface area contributed by atoms with Crippen LogP contribution in [0.2, 0.25) is 5.02 Å². The number of halogens is 1. The molecular formula is C9H7ClN2O2. The fourth-order valence-electron chi connectivity index (χ4n) is 1.02. The summed E-state index contributed by atoms with van der Waals surface area (Å²) in [5.74, 6) is 0. The maximum absolute atomic E-state index is 10.4. The lowest BCUT2D eigenvalue weighted by atomic mass is 10.1. The van der Waals surface area contributed by atoms with E-state index in [0.717, 1.165) is 0 Å². The third-order valence-corrected chi connectivity index (χ3v) is 2.24. The molecule has 4 nitrogen and oxygen atoms in total. The molecule has 1 amide bonds. The van der Waals surface area contributed by atoms with Crippen molar-refractivity contribution in [3.05, 3.63) is 28.3 Å². The minimum Gasteiger partial charge on any atom is -0.465 e. The van der Waals surface area contributed by atoms with Crippen molar-refractivity contribution in [3.63, 3.8) is 0 Å². The predicted octanol–water partition coefficient (Wildman–Crippen LogP) is 2.61. The van der Waals surface area contributed by atoms with Gasteiger partial charge in [0.25, 0.3) is 0 Å². The lowest BCUT2D eigenvalue weighted by Crippen LogP contribution is -2.08. The number of nitriles is 1. The van der Waals surface area contributed by atoms with E-state index < -0.39 is 6.09 Å². The Labute approximate surface area is 85.7 Å². The quantitative estimate of drug-likeness (QED) is 0.748. The van der Waals surface area contributed by atoms with Crippen LogP contribution in [-0.4, -0.2) is 11.2 Å². The maximum atomic E-state index is 10.4. The minimum atomic E-state index is -1.16. The van der Waals surface area contributed by atoms with Crippen LogP contribution in [0.1, 0.15) is 11.1 Å². The highest BCUT2D eigenvalue weighted by Crippen LogP contribution is 2.26. The third kappa shape index (κ3) is 1.95. The first-order valence-electron chi connectivity index (χ1n) is 3.75. The smallest absolute Gasteiger partial charge is 0.409 e. The lowest BCUT2D eigenvalue weighted by molar-refractivity contribution is 0.209. The molecule has 0 atom stereocenters. The molecule has 0 aliphatic rings. The molecule has 0 saturated heterocycles. The van der Waals surface area contributed by atoms with Gasteiger partial charge in [0.05, 0.1) is 10.6 Å². The third-order valence-electron chi connectivity index (χ3n) is 1.75. The summed E-state index contributed by atoms with van der Waals surface area (Å²) in [5.41, 5.74) is 1.27. The standard InChI is InChI=1S/C9H7ClN2O2/c1-5-7(12-9(13)14)3-2-6(4-11)8(5)10/h2-3,12H,1H3,(H,13,14). The number of hydrogen-bond acceptors (Lipinski definition) is 2. The van der Waals surface area contributed by atoms with Gasteiger partial charge in [-0.1, -0.05) is 11.6 Å². The van der Waals surface area contributed by atoms with E-state index in [0.29, 0.717) is 16.8 Å². The number of nitrogens with zero attached hydrogens (tertiary/aromatic N) is 1. The summed E-state index contributed by atoms with van der Waals surface area (Å²) in [5, 5.41) is 19.6. The molecule has 0 fully saturated rings. The van der Waals surface area contributed by atoms with E-state index in [2.05, 4.69) is 5.32 Å². The number of anilines is 1.